The Labute approximate surface area is 271 Å². The number of aliphatic hydroxyl groups is 1. The molecule has 0 saturated carbocycles. The predicted octanol–water partition coefficient (Wildman–Crippen LogP) is -2.71. The normalized spacial score (nSPS) is 13.8. The van der Waals surface area contributed by atoms with Crippen molar-refractivity contribution < 1.29 is 38.7 Å². The molecule has 254 valence electrons. The number of carbonyl (C=O) groups excluding carboxylic acids is 7. The van der Waals surface area contributed by atoms with Crippen molar-refractivity contribution in [3.8, 4) is 0 Å². The molecular formula is C28H43N9O8S. The number of aliphatic hydroxyl groups excluding tert-OH is 1. The summed E-state index contributed by atoms with van der Waals surface area (Å²) in [5, 5.41) is 24.3. The zero-order valence-electron chi connectivity index (χ0n) is 26.1. The summed E-state index contributed by atoms with van der Waals surface area (Å²) in [5.41, 5.74) is 11.5. The molecule has 1 rings (SSSR count). The summed E-state index contributed by atoms with van der Waals surface area (Å²) >= 11 is 3.80. The van der Waals surface area contributed by atoms with E-state index in [1.165, 1.54) is 27.7 Å². The van der Waals surface area contributed by atoms with E-state index in [0.29, 0.717) is 11.3 Å². The lowest BCUT2D eigenvalue weighted by molar-refractivity contribution is -0.135. The molecule has 0 unspecified atom stereocenters. The van der Waals surface area contributed by atoms with E-state index in [1.807, 2.05) is 0 Å². The molecule has 0 saturated heterocycles. The lowest BCUT2D eigenvalue weighted by Gasteiger charge is -2.24. The number of ketones is 1. The number of nitrogens with two attached hydrogens (primary N) is 2. The Hall–Kier alpha value is -4.71. The number of hydrogen-bond donors (Lipinski definition) is 10. The fraction of sp³-hybridized carbons (Fsp3) is 0.500. The maximum absolute atomic E-state index is 13.1. The maximum atomic E-state index is 13.1. The van der Waals surface area contributed by atoms with Gasteiger partial charge in [0.15, 0.2) is 11.7 Å². The zero-order valence-corrected chi connectivity index (χ0v) is 27.0. The number of carbonyl (C=O) groups is 7. The second kappa shape index (κ2) is 19.6. The molecule has 1 aromatic carbocycles. The SMILES string of the molecule is CC(=O)c1ccc(NC(=O)[C@@H](C)NC(=O)[C@@H](CCCN=C(N)N)NC(=O)[C@@H](C)NC(=O)[C@@H](CO)NC(=O)[C@@H](C)NC(=O)CS)cc1. The standard InChI is InChI=1S/C28H43N9O8S/c1-14(32-22(40)13-46)24(42)37-21(12-38)27(45)34-16(3)25(43)36-20(6-5-11-31-28(29)30)26(44)33-15(2)23(41)35-19-9-7-18(8-10-19)17(4)39/h7-10,14-16,20-21,38,46H,5-6,11-13H2,1-4H3,(H,32,40)(H,33,44)(H,34,45)(H,35,41)(H,36,43)(H,37,42)(H4,29,30,31)/t14-,15-,16-,20-,21-/m1/s1. The smallest absolute Gasteiger partial charge is 0.246 e. The molecule has 0 spiro atoms. The molecule has 0 aliphatic heterocycles. The largest absolute Gasteiger partial charge is 0.394 e. The van der Waals surface area contributed by atoms with Gasteiger partial charge in [0, 0.05) is 17.8 Å². The van der Waals surface area contributed by atoms with Crippen LogP contribution in [0.3, 0.4) is 0 Å². The summed E-state index contributed by atoms with van der Waals surface area (Å²) in [6.07, 6.45) is 0.321. The molecule has 5 atom stereocenters. The number of guanidine groups is 1. The number of benzene rings is 1. The molecule has 0 aliphatic rings. The van der Waals surface area contributed by atoms with Crippen LogP contribution in [0.4, 0.5) is 5.69 Å². The van der Waals surface area contributed by atoms with Crippen molar-refractivity contribution in [3.05, 3.63) is 29.8 Å². The van der Waals surface area contributed by atoms with Gasteiger partial charge in [0.25, 0.3) is 0 Å². The third kappa shape index (κ3) is 13.9. The van der Waals surface area contributed by atoms with Gasteiger partial charge in [0.05, 0.1) is 12.4 Å². The monoisotopic (exact) mass is 665 g/mol. The van der Waals surface area contributed by atoms with E-state index in [-0.39, 0.29) is 36.9 Å². The third-order valence-corrected chi connectivity index (χ3v) is 6.66. The third-order valence-electron chi connectivity index (χ3n) is 6.37. The Morgan fingerprint density at radius 1 is 0.761 bits per heavy atom. The number of rotatable bonds is 18. The van der Waals surface area contributed by atoms with E-state index in [1.54, 1.807) is 24.3 Å². The van der Waals surface area contributed by atoms with Crippen molar-refractivity contribution in [2.75, 3.05) is 24.2 Å². The van der Waals surface area contributed by atoms with Crippen molar-refractivity contribution in [1.29, 1.82) is 0 Å². The summed E-state index contributed by atoms with van der Waals surface area (Å²) in [6.45, 7) is 4.87. The summed E-state index contributed by atoms with van der Waals surface area (Å²) in [6, 6.07) is 0.258. The van der Waals surface area contributed by atoms with Crippen LogP contribution in [0.5, 0.6) is 0 Å². The fourth-order valence-corrected chi connectivity index (χ4v) is 3.80. The Morgan fingerprint density at radius 3 is 1.76 bits per heavy atom. The lowest BCUT2D eigenvalue weighted by atomic mass is 10.1. The number of anilines is 1. The molecule has 17 nitrogen and oxygen atoms in total. The van der Waals surface area contributed by atoms with Gasteiger partial charge < -0.3 is 48.5 Å². The summed E-state index contributed by atoms with van der Waals surface area (Å²) in [7, 11) is 0. The first kappa shape index (κ1) is 39.3. The van der Waals surface area contributed by atoms with Crippen molar-refractivity contribution in [2.24, 2.45) is 16.5 Å². The fourth-order valence-electron chi connectivity index (χ4n) is 3.71. The second-order valence-corrected chi connectivity index (χ2v) is 10.6. The van der Waals surface area contributed by atoms with Gasteiger partial charge in [0.2, 0.25) is 35.4 Å². The number of amides is 6. The first-order chi connectivity index (χ1) is 21.6. The van der Waals surface area contributed by atoms with Crippen LogP contribution in [0.1, 0.15) is 50.9 Å². The molecule has 18 heteroatoms. The Balaban J connectivity index is 2.88. The second-order valence-electron chi connectivity index (χ2n) is 10.3. The van der Waals surface area contributed by atoms with Gasteiger partial charge >= 0.3 is 0 Å². The highest BCUT2D eigenvalue weighted by molar-refractivity contribution is 7.81. The van der Waals surface area contributed by atoms with Crippen molar-refractivity contribution in [2.45, 2.75) is 70.7 Å². The maximum Gasteiger partial charge on any atom is 0.246 e. The van der Waals surface area contributed by atoms with Gasteiger partial charge in [-0.1, -0.05) is 0 Å². The molecule has 1 aromatic rings. The molecule has 0 bridgehead atoms. The minimum Gasteiger partial charge on any atom is -0.394 e. The summed E-state index contributed by atoms with van der Waals surface area (Å²) < 4.78 is 0. The molecule has 0 fully saturated rings. The molecule has 0 aromatic heterocycles. The number of thiol groups is 1. The number of nitrogens with one attached hydrogen (secondary N) is 6. The Bertz CT molecular complexity index is 1290. The van der Waals surface area contributed by atoms with Gasteiger partial charge in [-0.05, 0) is 64.8 Å². The highest BCUT2D eigenvalue weighted by Gasteiger charge is 2.29. The lowest BCUT2D eigenvalue weighted by Crippen LogP contribution is -2.58. The van der Waals surface area contributed by atoms with Crippen LogP contribution in [-0.2, 0) is 28.8 Å². The van der Waals surface area contributed by atoms with E-state index < -0.39 is 72.3 Å². The average molecular weight is 666 g/mol. The molecule has 0 radical (unpaired) electrons. The highest BCUT2D eigenvalue weighted by Crippen LogP contribution is 2.11. The van der Waals surface area contributed by atoms with Crippen molar-refractivity contribution >= 4 is 65.5 Å². The van der Waals surface area contributed by atoms with Gasteiger partial charge in [-0.25, -0.2) is 0 Å². The van der Waals surface area contributed by atoms with E-state index in [9.17, 15) is 38.7 Å². The van der Waals surface area contributed by atoms with E-state index in [2.05, 4.69) is 49.5 Å². The average Bonchev–Trinajstić information content (AvgIpc) is 3.00. The van der Waals surface area contributed by atoms with Crippen LogP contribution in [0, 0.1) is 0 Å². The van der Waals surface area contributed by atoms with Crippen LogP contribution in [0.25, 0.3) is 0 Å². The Kier molecular flexibility index (Phi) is 16.8. The molecule has 0 heterocycles. The first-order valence-electron chi connectivity index (χ1n) is 14.3. The highest BCUT2D eigenvalue weighted by atomic mass is 32.1. The van der Waals surface area contributed by atoms with Gasteiger partial charge in [0.1, 0.15) is 30.2 Å². The molecular weight excluding hydrogens is 622 g/mol. The number of nitrogens with zero attached hydrogens (tertiary/aromatic N) is 1. The van der Waals surface area contributed by atoms with Crippen LogP contribution in [-0.4, -0.2) is 101 Å². The molecule has 46 heavy (non-hydrogen) atoms. The Morgan fingerprint density at radius 2 is 1.26 bits per heavy atom. The topological polar surface area (TPSA) is 276 Å². The summed E-state index contributed by atoms with van der Waals surface area (Å²) in [5.74, 6) is -4.69. The van der Waals surface area contributed by atoms with Crippen LogP contribution >= 0.6 is 12.6 Å². The van der Waals surface area contributed by atoms with E-state index in [4.69, 9.17) is 11.5 Å². The van der Waals surface area contributed by atoms with Crippen LogP contribution in [0.2, 0.25) is 0 Å². The molecule has 6 amide bonds. The van der Waals surface area contributed by atoms with E-state index >= 15 is 0 Å². The van der Waals surface area contributed by atoms with Crippen molar-refractivity contribution in [1.82, 2.24) is 26.6 Å². The van der Waals surface area contributed by atoms with Crippen LogP contribution < -0.4 is 43.4 Å². The van der Waals surface area contributed by atoms with Crippen LogP contribution in [0.15, 0.2) is 29.3 Å². The quantitative estimate of drug-likeness (QED) is 0.0254. The number of Topliss-reactive ketones (excluding diaryl/α,β-unsaturated/α-hetero) is 1. The van der Waals surface area contributed by atoms with Crippen molar-refractivity contribution in [3.63, 3.8) is 0 Å². The minimum absolute atomic E-state index is 0.0566. The summed E-state index contributed by atoms with van der Waals surface area (Å²) in [4.78, 5) is 90.6. The zero-order chi connectivity index (χ0) is 35.0. The molecule has 11 N–H and O–H groups in total. The van der Waals surface area contributed by atoms with Gasteiger partial charge in [-0.15, -0.1) is 0 Å². The number of aliphatic imine (C=N–C) groups is 1. The first-order valence-corrected chi connectivity index (χ1v) is 14.9. The minimum atomic E-state index is -1.45. The molecule has 0 aliphatic carbocycles. The predicted molar refractivity (Wildman–Crippen MR) is 173 cm³/mol. The van der Waals surface area contributed by atoms with Gasteiger partial charge in [-0.3, -0.25) is 38.6 Å². The van der Waals surface area contributed by atoms with E-state index in [0.717, 1.165) is 0 Å². The number of hydrogen-bond acceptors (Lipinski definition) is 10. The van der Waals surface area contributed by atoms with Gasteiger partial charge in [-0.2, -0.15) is 12.6 Å².